The molecule has 0 aromatic rings. The lowest BCUT2D eigenvalue weighted by atomic mass is 9.58. The van der Waals surface area contributed by atoms with E-state index in [1.807, 2.05) is 0 Å². The van der Waals surface area contributed by atoms with Crippen LogP contribution in [-0.2, 0) is 14.3 Å². The summed E-state index contributed by atoms with van der Waals surface area (Å²) in [5.74, 6) is -0.0852. The lowest BCUT2D eigenvalue weighted by Crippen LogP contribution is -2.53. The fourth-order valence-corrected chi connectivity index (χ4v) is 8.93. The van der Waals surface area contributed by atoms with Gasteiger partial charge in [0.1, 0.15) is 11.9 Å². The van der Waals surface area contributed by atoms with Crippen LogP contribution in [0.1, 0.15) is 89.9 Å². The zero-order chi connectivity index (χ0) is 29.7. The van der Waals surface area contributed by atoms with E-state index < -0.39 is 48.0 Å². The molecule has 1 saturated heterocycles. The van der Waals surface area contributed by atoms with Crippen LogP contribution in [0.4, 0.5) is 0 Å². The van der Waals surface area contributed by atoms with Crippen molar-refractivity contribution in [2.24, 2.45) is 34.8 Å². The topological polar surface area (TPSA) is 175 Å². The maximum atomic E-state index is 14.3. The predicted molar refractivity (Wildman–Crippen MR) is 154 cm³/mol. The minimum Gasteiger partial charge on any atom is -0.393 e. The second-order valence-corrected chi connectivity index (χ2v) is 13.7. The van der Waals surface area contributed by atoms with Crippen LogP contribution in [0.2, 0.25) is 0 Å². The van der Waals surface area contributed by atoms with Crippen molar-refractivity contribution in [2.45, 2.75) is 139 Å². The van der Waals surface area contributed by atoms with E-state index in [4.69, 9.17) is 15.2 Å². The van der Waals surface area contributed by atoms with Gasteiger partial charge in [-0.25, -0.2) is 0 Å². The molecule has 0 radical (unpaired) electrons. The number of piperidine rings is 1. The highest BCUT2D eigenvalue weighted by atomic mass is 16.5. The molecule has 4 rings (SSSR count). The number of ketones is 1. The monoisotopic (exact) mass is 584 g/mol. The first-order valence-corrected chi connectivity index (χ1v) is 16.1. The largest absolute Gasteiger partial charge is 0.393 e. The molecule has 238 valence electrons. The number of carbonyl (C=O) groups excluding carboxylic acids is 1. The molecule has 8 N–H and O–H groups in total. The number of aliphatic hydroxyl groups is 5. The van der Waals surface area contributed by atoms with E-state index in [2.05, 4.69) is 5.32 Å². The third kappa shape index (κ3) is 7.88. The summed E-state index contributed by atoms with van der Waals surface area (Å²) in [5.41, 5.74) is 5.82. The van der Waals surface area contributed by atoms with Gasteiger partial charge in [-0.3, -0.25) is 4.79 Å². The van der Waals surface area contributed by atoms with Gasteiger partial charge in [-0.15, -0.1) is 0 Å². The van der Waals surface area contributed by atoms with Gasteiger partial charge in [0, 0.05) is 26.6 Å². The number of aliphatic hydroxyl groups excluding tert-OH is 5. The molecule has 3 saturated carbocycles. The van der Waals surface area contributed by atoms with E-state index in [-0.39, 0.29) is 36.3 Å². The fourth-order valence-electron chi connectivity index (χ4n) is 8.93. The summed E-state index contributed by atoms with van der Waals surface area (Å²) in [5, 5.41) is 56.8. The van der Waals surface area contributed by atoms with Crippen molar-refractivity contribution in [3.05, 3.63) is 0 Å². The minimum atomic E-state index is -0.924. The Hall–Kier alpha value is -0.690. The van der Waals surface area contributed by atoms with Crippen LogP contribution in [-0.4, -0.2) is 101 Å². The zero-order valence-electron chi connectivity index (χ0n) is 25.1. The van der Waals surface area contributed by atoms with Gasteiger partial charge >= 0.3 is 0 Å². The molecule has 0 aromatic heterocycles. The first-order chi connectivity index (χ1) is 19.6. The summed E-state index contributed by atoms with van der Waals surface area (Å²) in [6, 6.07) is 0. The predicted octanol–water partition coefficient (Wildman–Crippen LogP) is 1.23. The Balaban J connectivity index is 1.51. The Bertz CT molecular complexity index is 834. The van der Waals surface area contributed by atoms with Gasteiger partial charge in [0.25, 0.3) is 0 Å². The average molecular weight is 585 g/mol. The molecular formula is C31H56N2O8. The van der Waals surface area contributed by atoms with Crippen LogP contribution in [0.15, 0.2) is 0 Å². The number of Topliss-reactive ketones (excluding diaryl/α,β-unsaturated/α-hetero) is 1. The number of ether oxygens (including phenoxy) is 2. The van der Waals surface area contributed by atoms with Gasteiger partial charge in [0.2, 0.25) is 0 Å². The molecule has 1 heterocycles. The number of rotatable bonds is 12. The third-order valence-corrected chi connectivity index (χ3v) is 11.2. The number of hydrogen-bond donors (Lipinski definition) is 7. The molecule has 4 aliphatic rings. The minimum absolute atomic E-state index is 0.0297. The molecule has 0 aromatic carbocycles. The van der Waals surface area contributed by atoms with Crippen molar-refractivity contribution < 1.29 is 39.8 Å². The summed E-state index contributed by atoms with van der Waals surface area (Å²) < 4.78 is 10.9. The Kier molecular flexibility index (Phi) is 12.0. The van der Waals surface area contributed by atoms with E-state index in [9.17, 15) is 30.3 Å². The molecule has 0 bridgehead atoms. The van der Waals surface area contributed by atoms with E-state index in [0.717, 1.165) is 32.2 Å². The lowest BCUT2D eigenvalue weighted by molar-refractivity contribution is -0.140. The van der Waals surface area contributed by atoms with Crippen molar-refractivity contribution in [3.63, 3.8) is 0 Å². The summed E-state index contributed by atoms with van der Waals surface area (Å²) >= 11 is 0. The lowest BCUT2D eigenvalue weighted by Gasteiger charge is -2.48. The van der Waals surface area contributed by atoms with Gasteiger partial charge in [0.05, 0.1) is 42.8 Å². The van der Waals surface area contributed by atoms with Crippen molar-refractivity contribution in [1.82, 2.24) is 5.32 Å². The zero-order valence-corrected chi connectivity index (χ0v) is 25.1. The van der Waals surface area contributed by atoms with Gasteiger partial charge in [0.15, 0.2) is 0 Å². The second kappa shape index (κ2) is 14.9. The molecule has 3 aliphatic carbocycles. The molecular weight excluding hydrogens is 528 g/mol. The van der Waals surface area contributed by atoms with Gasteiger partial charge in [-0.05, 0) is 113 Å². The van der Waals surface area contributed by atoms with Crippen LogP contribution in [0, 0.1) is 29.1 Å². The van der Waals surface area contributed by atoms with E-state index in [1.165, 1.54) is 7.11 Å². The van der Waals surface area contributed by atoms with E-state index in [1.54, 1.807) is 7.11 Å². The number of carbonyl (C=O) groups is 1. The normalized spacial score (nSPS) is 43.5. The molecule has 41 heavy (non-hydrogen) atoms. The molecule has 0 amide bonds. The maximum absolute atomic E-state index is 14.3. The van der Waals surface area contributed by atoms with Crippen molar-refractivity contribution in [2.75, 3.05) is 20.8 Å². The Morgan fingerprint density at radius 2 is 1.66 bits per heavy atom. The number of nitrogens with two attached hydrogens (primary N) is 1. The SMILES string of the molecule is COC1CC(CC[C@@H](O)[C@H](C(=O)CCC2CC(O)C(O)C(OC)C2)[C@]2(C3CCNC(N)C3)CC[C@@H](O)C2)CCC1O. The van der Waals surface area contributed by atoms with Crippen LogP contribution < -0.4 is 11.1 Å². The number of hydrogen-bond acceptors (Lipinski definition) is 10. The molecule has 0 spiro atoms. The summed E-state index contributed by atoms with van der Waals surface area (Å²) in [4.78, 5) is 14.3. The van der Waals surface area contributed by atoms with Crippen LogP contribution >= 0.6 is 0 Å². The van der Waals surface area contributed by atoms with Crippen LogP contribution in [0.3, 0.4) is 0 Å². The number of nitrogens with one attached hydrogen (secondary N) is 1. The van der Waals surface area contributed by atoms with Gasteiger partial charge < -0.3 is 46.1 Å². The molecule has 10 heteroatoms. The smallest absolute Gasteiger partial charge is 0.139 e. The maximum Gasteiger partial charge on any atom is 0.139 e. The first-order valence-electron chi connectivity index (χ1n) is 16.1. The molecule has 10 nitrogen and oxygen atoms in total. The Labute approximate surface area is 245 Å². The standard InChI is InChI=1S/C31H56N2O8/c1-40-26-14-18(3-6-22(26)35)4-7-23(36)29(24(37)8-5-19-13-25(38)30(39)27(15-19)41-2)31(11-9-21(34)17-31)20-10-12-33-28(32)16-20/h18-23,25-30,33-36,38-39H,3-17,32H2,1-2H3/t18?,19?,20?,21-,22?,23-,25?,26?,27?,28?,29-,30?,31-/m1/s1. The highest BCUT2D eigenvalue weighted by Gasteiger charge is 2.55. The Morgan fingerprint density at radius 3 is 2.32 bits per heavy atom. The van der Waals surface area contributed by atoms with Crippen molar-refractivity contribution in [1.29, 1.82) is 0 Å². The molecule has 1 aliphatic heterocycles. The molecule has 4 fully saturated rings. The second-order valence-electron chi connectivity index (χ2n) is 13.7. The molecule has 9 unspecified atom stereocenters. The van der Waals surface area contributed by atoms with Crippen molar-refractivity contribution >= 4 is 5.78 Å². The summed E-state index contributed by atoms with van der Waals surface area (Å²) in [6.07, 6.45) is 4.33. The number of methoxy groups -OCH3 is 2. The molecule has 13 atom stereocenters. The summed E-state index contributed by atoms with van der Waals surface area (Å²) in [7, 11) is 3.15. The fraction of sp³-hybridized carbons (Fsp3) is 0.968. The first kappa shape index (κ1) is 33.2. The third-order valence-electron chi connectivity index (χ3n) is 11.2. The Morgan fingerprint density at radius 1 is 0.927 bits per heavy atom. The van der Waals surface area contributed by atoms with Crippen molar-refractivity contribution in [3.8, 4) is 0 Å². The average Bonchev–Trinajstić information content (AvgIpc) is 3.35. The van der Waals surface area contributed by atoms with E-state index in [0.29, 0.717) is 63.7 Å². The van der Waals surface area contributed by atoms with Gasteiger partial charge in [-0.1, -0.05) is 0 Å². The van der Waals surface area contributed by atoms with Crippen LogP contribution in [0.5, 0.6) is 0 Å². The van der Waals surface area contributed by atoms with Gasteiger partial charge in [-0.2, -0.15) is 0 Å². The quantitative estimate of drug-likeness (QED) is 0.177. The van der Waals surface area contributed by atoms with E-state index >= 15 is 0 Å². The highest BCUT2D eigenvalue weighted by molar-refractivity contribution is 5.82. The summed E-state index contributed by atoms with van der Waals surface area (Å²) in [6.45, 7) is 0.754. The highest BCUT2D eigenvalue weighted by Crippen LogP contribution is 2.55. The van der Waals surface area contributed by atoms with Crippen LogP contribution in [0.25, 0.3) is 0 Å².